The van der Waals surface area contributed by atoms with Crippen molar-refractivity contribution in [1.82, 2.24) is 14.6 Å². The zero-order valence-corrected chi connectivity index (χ0v) is 18.0. The van der Waals surface area contributed by atoms with Crippen molar-refractivity contribution in [3.05, 3.63) is 71.5 Å². The number of halogens is 3. The van der Waals surface area contributed by atoms with Gasteiger partial charge in [0.2, 0.25) is 0 Å². The second kappa shape index (κ2) is 8.36. The van der Waals surface area contributed by atoms with Crippen molar-refractivity contribution in [2.24, 2.45) is 0 Å². The van der Waals surface area contributed by atoms with Crippen LogP contribution in [0.2, 0.25) is 0 Å². The number of carbonyl (C=O) groups is 1. The number of fused-ring (bicyclic) bond motifs is 2. The molecule has 1 aliphatic heterocycles. The lowest BCUT2D eigenvalue weighted by Gasteiger charge is -2.19. The van der Waals surface area contributed by atoms with Gasteiger partial charge in [-0.05, 0) is 48.4 Å². The normalized spacial score (nSPS) is 13.2. The fourth-order valence-corrected chi connectivity index (χ4v) is 3.70. The highest BCUT2D eigenvalue weighted by molar-refractivity contribution is 6.08. The molecule has 0 saturated carbocycles. The molecule has 0 unspecified atom stereocenters. The molecule has 0 radical (unpaired) electrons. The minimum Gasteiger partial charge on any atom is -0.486 e. The third-order valence-electron chi connectivity index (χ3n) is 5.46. The third-order valence-corrected chi connectivity index (χ3v) is 5.46. The summed E-state index contributed by atoms with van der Waals surface area (Å²) < 4.78 is 53.3. The molecule has 34 heavy (non-hydrogen) atoms. The molecule has 0 atom stereocenters. The maximum Gasteiger partial charge on any atom is 0.433 e. The van der Waals surface area contributed by atoms with Crippen LogP contribution in [0.25, 0.3) is 16.9 Å². The molecule has 5 rings (SSSR count). The van der Waals surface area contributed by atoms with Crippen LogP contribution in [-0.2, 0) is 12.6 Å². The van der Waals surface area contributed by atoms with Crippen LogP contribution in [-0.4, -0.2) is 33.7 Å². The van der Waals surface area contributed by atoms with Crippen LogP contribution in [0, 0.1) is 0 Å². The second-order valence-corrected chi connectivity index (χ2v) is 7.68. The largest absolute Gasteiger partial charge is 0.486 e. The molecule has 0 fully saturated rings. The molecule has 1 amide bonds. The monoisotopic (exact) mass is 468 g/mol. The number of nitrogens with one attached hydrogen (secondary N) is 1. The number of benzene rings is 2. The van der Waals surface area contributed by atoms with Crippen molar-refractivity contribution < 1.29 is 27.4 Å². The fourth-order valence-electron chi connectivity index (χ4n) is 3.70. The Morgan fingerprint density at radius 2 is 1.79 bits per heavy atom. The summed E-state index contributed by atoms with van der Waals surface area (Å²) in [6.07, 6.45) is -2.80. The number of aromatic nitrogens is 3. The fraction of sp³-hybridized carbons (Fsp3) is 0.208. The summed E-state index contributed by atoms with van der Waals surface area (Å²) in [4.78, 5) is 17.3. The number of anilines is 1. The van der Waals surface area contributed by atoms with Crippen LogP contribution < -0.4 is 14.8 Å². The predicted molar refractivity (Wildman–Crippen MR) is 118 cm³/mol. The maximum atomic E-state index is 13.9. The summed E-state index contributed by atoms with van der Waals surface area (Å²) >= 11 is 0. The molecule has 0 aliphatic carbocycles. The SMILES string of the molecule is CCc1ccc(NC(=O)c2cnn3c(C(F)(F)F)cc(-c4ccc5c(c4)OCCO5)nc23)cc1. The first kappa shape index (κ1) is 21.7. The molecule has 0 saturated heterocycles. The van der Waals surface area contributed by atoms with Crippen molar-refractivity contribution in [2.45, 2.75) is 19.5 Å². The lowest BCUT2D eigenvalue weighted by atomic mass is 10.1. The van der Waals surface area contributed by atoms with Crippen LogP contribution in [0.1, 0.15) is 28.5 Å². The van der Waals surface area contributed by atoms with Gasteiger partial charge in [0.05, 0.1) is 11.9 Å². The zero-order valence-electron chi connectivity index (χ0n) is 18.0. The highest BCUT2D eigenvalue weighted by Crippen LogP contribution is 2.37. The summed E-state index contributed by atoms with van der Waals surface area (Å²) in [6, 6.07) is 12.9. The van der Waals surface area contributed by atoms with Gasteiger partial charge in [0.25, 0.3) is 5.91 Å². The van der Waals surface area contributed by atoms with Gasteiger partial charge in [-0.15, -0.1) is 0 Å². The van der Waals surface area contributed by atoms with Crippen molar-refractivity contribution in [1.29, 1.82) is 0 Å². The summed E-state index contributed by atoms with van der Waals surface area (Å²) in [6.45, 7) is 2.74. The quantitative estimate of drug-likeness (QED) is 0.456. The van der Waals surface area contributed by atoms with Crippen LogP contribution in [0.5, 0.6) is 11.5 Å². The van der Waals surface area contributed by atoms with E-state index in [1.807, 2.05) is 19.1 Å². The lowest BCUT2D eigenvalue weighted by molar-refractivity contribution is -0.142. The molecule has 0 bridgehead atoms. The number of hydrogen-bond acceptors (Lipinski definition) is 5. The molecule has 1 N–H and O–H groups in total. The van der Waals surface area contributed by atoms with E-state index >= 15 is 0 Å². The van der Waals surface area contributed by atoms with E-state index in [4.69, 9.17) is 9.47 Å². The van der Waals surface area contributed by atoms with Gasteiger partial charge >= 0.3 is 6.18 Å². The summed E-state index contributed by atoms with van der Waals surface area (Å²) in [7, 11) is 0. The van der Waals surface area contributed by atoms with E-state index in [-0.39, 0.29) is 16.9 Å². The van der Waals surface area contributed by atoms with Crippen LogP contribution in [0.15, 0.2) is 54.7 Å². The Bertz CT molecular complexity index is 1380. The summed E-state index contributed by atoms with van der Waals surface area (Å²) in [5, 5.41) is 6.50. The van der Waals surface area contributed by atoms with E-state index in [1.54, 1.807) is 30.3 Å². The van der Waals surface area contributed by atoms with E-state index < -0.39 is 17.8 Å². The Labute approximate surface area is 192 Å². The molecule has 2 aromatic heterocycles. The van der Waals surface area contributed by atoms with Crippen LogP contribution in [0.4, 0.5) is 18.9 Å². The summed E-state index contributed by atoms with van der Waals surface area (Å²) in [5.74, 6) is 0.311. The van der Waals surface area contributed by atoms with E-state index in [0.29, 0.717) is 40.5 Å². The van der Waals surface area contributed by atoms with Gasteiger partial charge in [0.15, 0.2) is 22.8 Å². The number of nitrogens with zero attached hydrogens (tertiary/aromatic N) is 3. The first-order valence-corrected chi connectivity index (χ1v) is 10.6. The minimum absolute atomic E-state index is 0.0265. The van der Waals surface area contributed by atoms with Gasteiger partial charge in [0, 0.05) is 11.3 Å². The zero-order chi connectivity index (χ0) is 23.9. The van der Waals surface area contributed by atoms with Gasteiger partial charge in [-0.3, -0.25) is 4.79 Å². The minimum atomic E-state index is -4.72. The average Bonchev–Trinajstić information content (AvgIpc) is 3.27. The molecule has 2 aromatic carbocycles. The Morgan fingerprint density at radius 3 is 2.50 bits per heavy atom. The number of alkyl halides is 3. The van der Waals surface area contributed by atoms with E-state index in [2.05, 4.69) is 15.4 Å². The topological polar surface area (TPSA) is 77.8 Å². The Morgan fingerprint density at radius 1 is 1.06 bits per heavy atom. The molecule has 1 aliphatic rings. The standard InChI is InChI=1S/C24H19F3N4O3/c1-2-14-3-6-16(7-4-14)29-23(32)17-13-28-31-21(24(25,26)27)12-18(30-22(17)31)15-5-8-19-20(11-15)34-10-9-33-19/h3-8,11-13H,2,9-10H2,1H3,(H,29,32). The molecular weight excluding hydrogens is 449 g/mol. The number of amides is 1. The predicted octanol–water partition coefficient (Wildman–Crippen LogP) is 5.00. The Kier molecular flexibility index (Phi) is 5.35. The molecular formula is C24H19F3N4O3. The van der Waals surface area contributed by atoms with Crippen molar-refractivity contribution in [2.75, 3.05) is 18.5 Å². The number of hydrogen-bond donors (Lipinski definition) is 1. The highest BCUT2D eigenvalue weighted by atomic mass is 19.4. The van der Waals surface area contributed by atoms with Gasteiger partial charge in [-0.2, -0.15) is 18.3 Å². The molecule has 7 nitrogen and oxygen atoms in total. The average molecular weight is 468 g/mol. The molecule has 3 heterocycles. The molecule has 10 heteroatoms. The highest BCUT2D eigenvalue weighted by Gasteiger charge is 2.36. The maximum absolute atomic E-state index is 13.9. The van der Waals surface area contributed by atoms with Crippen LogP contribution in [0.3, 0.4) is 0 Å². The van der Waals surface area contributed by atoms with E-state index in [0.717, 1.165) is 24.2 Å². The first-order valence-electron chi connectivity index (χ1n) is 10.6. The first-order chi connectivity index (χ1) is 16.3. The lowest BCUT2D eigenvalue weighted by Crippen LogP contribution is -2.16. The van der Waals surface area contributed by atoms with Crippen molar-refractivity contribution >= 4 is 17.2 Å². The van der Waals surface area contributed by atoms with Crippen molar-refractivity contribution in [3.63, 3.8) is 0 Å². The second-order valence-electron chi connectivity index (χ2n) is 7.68. The molecule has 4 aromatic rings. The molecule has 0 spiro atoms. The van der Waals surface area contributed by atoms with Crippen LogP contribution >= 0.6 is 0 Å². The number of ether oxygens (including phenoxy) is 2. The van der Waals surface area contributed by atoms with Crippen molar-refractivity contribution in [3.8, 4) is 22.8 Å². The molecule has 174 valence electrons. The third kappa shape index (κ3) is 4.02. The van der Waals surface area contributed by atoms with Gasteiger partial charge < -0.3 is 14.8 Å². The van der Waals surface area contributed by atoms with E-state index in [9.17, 15) is 18.0 Å². The van der Waals surface area contributed by atoms with E-state index in [1.165, 1.54) is 0 Å². The van der Waals surface area contributed by atoms with Gasteiger partial charge in [-0.1, -0.05) is 19.1 Å². The van der Waals surface area contributed by atoms with Gasteiger partial charge in [-0.25, -0.2) is 9.50 Å². The summed E-state index contributed by atoms with van der Waals surface area (Å²) in [5.41, 5.74) is 0.689. The Hall–Kier alpha value is -4.08. The number of carbonyl (C=O) groups excluding carboxylic acids is 1. The number of aryl methyl sites for hydroxylation is 1. The van der Waals surface area contributed by atoms with Gasteiger partial charge in [0.1, 0.15) is 18.8 Å². The Balaban J connectivity index is 1.58. The number of rotatable bonds is 4. The smallest absolute Gasteiger partial charge is 0.433 e.